The number of methoxy groups -OCH3 is 1. The molecule has 1 aromatic carbocycles. The Kier molecular flexibility index (Phi) is 6.89. The highest BCUT2D eigenvalue weighted by atomic mass is 16.5. The van der Waals surface area contributed by atoms with E-state index >= 15 is 0 Å². The summed E-state index contributed by atoms with van der Waals surface area (Å²) in [7, 11) is 1.55. The fourth-order valence-electron chi connectivity index (χ4n) is 2.74. The molecule has 1 aliphatic rings. The SMILES string of the molecule is CCCCOC(=O)C1=C(C)NC(=O)N[C@H]1c1ccc(OCC)c(OC)c1. The minimum Gasteiger partial charge on any atom is -0.493 e. The van der Waals surface area contributed by atoms with Gasteiger partial charge in [-0.05, 0) is 38.0 Å². The zero-order valence-corrected chi connectivity index (χ0v) is 15.7. The Balaban J connectivity index is 2.36. The van der Waals surface area contributed by atoms with Gasteiger partial charge in [0.05, 0.1) is 31.9 Å². The van der Waals surface area contributed by atoms with E-state index in [1.807, 2.05) is 13.8 Å². The molecule has 1 heterocycles. The first-order chi connectivity index (χ1) is 12.5. The number of hydrogen-bond donors (Lipinski definition) is 2. The van der Waals surface area contributed by atoms with Crippen LogP contribution >= 0.6 is 0 Å². The molecule has 2 N–H and O–H groups in total. The normalized spacial score (nSPS) is 16.6. The number of allylic oxidation sites excluding steroid dienone is 1. The van der Waals surface area contributed by atoms with E-state index in [1.165, 1.54) is 0 Å². The molecular weight excluding hydrogens is 336 g/mol. The molecule has 0 saturated carbocycles. The number of carbonyl (C=O) groups excluding carboxylic acids is 2. The lowest BCUT2D eigenvalue weighted by atomic mass is 9.95. The van der Waals surface area contributed by atoms with Crippen LogP contribution in [0.25, 0.3) is 0 Å². The van der Waals surface area contributed by atoms with E-state index in [0.29, 0.717) is 41.5 Å². The first-order valence-corrected chi connectivity index (χ1v) is 8.77. The highest BCUT2D eigenvalue weighted by Crippen LogP contribution is 2.34. The van der Waals surface area contributed by atoms with Crippen molar-refractivity contribution < 1.29 is 23.8 Å². The van der Waals surface area contributed by atoms with Crippen molar-refractivity contribution in [3.05, 3.63) is 35.0 Å². The Morgan fingerprint density at radius 1 is 1.23 bits per heavy atom. The lowest BCUT2D eigenvalue weighted by Crippen LogP contribution is -2.45. The van der Waals surface area contributed by atoms with Gasteiger partial charge in [0.1, 0.15) is 0 Å². The third-order valence-electron chi connectivity index (χ3n) is 4.04. The Bertz CT molecular complexity index is 699. The van der Waals surface area contributed by atoms with Crippen molar-refractivity contribution in [1.29, 1.82) is 0 Å². The van der Waals surface area contributed by atoms with E-state index in [2.05, 4.69) is 10.6 Å². The van der Waals surface area contributed by atoms with Gasteiger partial charge in [-0.25, -0.2) is 9.59 Å². The second-order valence-electron chi connectivity index (χ2n) is 5.90. The third-order valence-corrected chi connectivity index (χ3v) is 4.04. The van der Waals surface area contributed by atoms with Crippen molar-refractivity contribution >= 4 is 12.0 Å². The van der Waals surface area contributed by atoms with Crippen LogP contribution in [-0.4, -0.2) is 32.3 Å². The van der Waals surface area contributed by atoms with Gasteiger partial charge in [-0.3, -0.25) is 0 Å². The summed E-state index contributed by atoms with van der Waals surface area (Å²) < 4.78 is 16.3. The van der Waals surface area contributed by atoms with Crippen LogP contribution in [0.5, 0.6) is 11.5 Å². The van der Waals surface area contributed by atoms with Crippen LogP contribution in [0.4, 0.5) is 4.79 Å². The molecule has 2 amide bonds. The van der Waals surface area contributed by atoms with Crippen LogP contribution in [0.2, 0.25) is 0 Å². The fraction of sp³-hybridized carbons (Fsp3) is 0.474. The van der Waals surface area contributed by atoms with Gasteiger partial charge in [0, 0.05) is 5.70 Å². The number of benzene rings is 1. The van der Waals surface area contributed by atoms with Crippen LogP contribution < -0.4 is 20.1 Å². The minimum absolute atomic E-state index is 0.347. The molecule has 26 heavy (non-hydrogen) atoms. The molecule has 0 fully saturated rings. The second kappa shape index (κ2) is 9.12. The van der Waals surface area contributed by atoms with E-state index < -0.39 is 12.0 Å². The van der Waals surface area contributed by atoms with Gasteiger partial charge in [-0.1, -0.05) is 19.4 Å². The van der Waals surface area contributed by atoms with Crippen molar-refractivity contribution in [3.8, 4) is 11.5 Å². The molecule has 0 aliphatic carbocycles. The molecule has 7 heteroatoms. The van der Waals surface area contributed by atoms with E-state index in [0.717, 1.165) is 12.8 Å². The summed E-state index contributed by atoms with van der Waals surface area (Å²) in [6, 6.07) is 4.33. The van der Waals surface area contributed by atoms with Crippen molar-refractivity contribution in [2.75, 3.05) is 20.3 Å². The molecular formula is C19H26N2O5. The molecule has 2 rings (SSSR count). The number of ether oxygens (including phenoxy) is 3. The van der Waals surface area contributed by atoms with Gasteiger partial charge in [0.15, 0.2) is 11.5 Å². The second-order valence-corrected chi connectivity index (χ2v) is 5.90. The molecule has 0 unspecified atom stereocenters. The summed E-state index contributed by atoms with van der Waals surface area (Å²) >= 11 is 0. The maximum Gasteiger partial charge on any atom is 0.338 e. The number of carbonyl (C=O) groups is 2. The monoisotopic (exact) mass is 362 g/mol. The zero-order chi connectivity index (χ0) is 19.1. The van der Waals surface area contributed by atoms with Crippen LogP contribution in [-0.2, 0) is 9.53 Å². The molecule has 7 nitrogen and oxygen atoms in total. The van der Waals surface area contributed by atoms with Crippen LogP contribution in [0.3, 0.4) is 0 Å². The number of rotatable bonds is 8. The van der Waals surface area contributed by atoms with E-state index in [9.17, 15) is 9.59 Å². The van der Waals surface area contributed by atoms with Crippen molar-refractivity contribution in [2.45, 2.75) is 39.7 Å². The molecule has 0 saturated heterocycles. The van der Waals surface area contributed by atoms with Gasteiger partial charge in [0.2, 0.25) is 0 Å². The van der Waals surface area contributed by atoms with E-state index in [1.54, 1.807) is 32.2 Å². The first-order valence-electron chi connectivity index (χ1n) is 8.77. The summed E-state index contributed by atoms with van der Waals surface area (Å²) in [5, 5.41) is 5.42. The topological polar surface area (TPSA) is 85.9 Å². The largest absolute Gasteiger partial charge is 0.493 e. The fourth-order valence-corrected chi connectivity index (χ4v) is 2.74. The summed E-state index contributed by atoms with van der Waals surface area (Å²) in [5.41, 5.74) is 1.57. The predicted molar refractivity (Wildman–Crippen MR) is 97.1 cm³/mol. The highest BCUT2D eigenvalue weighted by molar-refractivity contribution is 5.95. The molecule has 1 aromatic rings. The van der Waals surface area contributed by atoms with Crippen molar-refractivity contribution in [2.24, 2.45) is 0 Å². The van der Waals surface area contributed by atoms with E-state index in [4.69, 9.17) is 14.2 Å². The Morgan fingerprint density at radius 2 is 2.00 bits per heavy atom. The third kappa shape index (κ3) is 4.47. The number of nitrogens with one attached hydrogen (secondary N) is 2. The van der Waals surface area contributed by atoms with Crippen molar-refractivity contribution in [1.82, 2.24) is 10.6 Å². The average molecular weight is 362 g/mol. The Hall–Kier alpha value is -2.70. The van der Waals surface area contributed by atoms with Gasteiger partial charge in [0.25, 0.3) is 0 Å². The molecule has 0 radical (unpaired) electrons. The summed E-state index contributed by atoms with van der Waals surface area (Å²) in [6.07, 6.45) is 1.72. The molecule has 1 aliphatic heterocycles. The number of urea groups is 1. The van der Waals surface area contributed by atoms with E-state index in [-0.39, 0.29) is 6.03 Å². The smallest absolute Gasteiger partial charge is 0.338 e. The summed E-state index contributed by atoms with van der Waals surface area (Å²) in [4.78, 5) is 24.5. The number of hydrogen-bond acceptors (Lipinski definition) is 5. The van der Waals surface area contributed by atoms with Crippen LogP contribution in [0.1, 0.15) is 45.2 Å². The maximum atomic E-state index is 12.6. The molecule has 1 atom stereocenters. The molecule has 142 valence electrons. The van der Waals surface area contributed by atoms with Crippen molar-refractivity contribution in [3.63, 3.8) is 0 Å². The minimum atomic E-state index is -0.623. The zero-order valence-electron chi connectivity index (χ0n) is 15.7. The molecule has 0 aromatic heterocycles. The number of amides is 2. The average Bonchev–Trinajstić information content (AvgIpc) is 2.61. The molecule has 0 bridgehead atoms. The number of esters is 1. The highest BCUT2D eigenvalue weighted by Gasteiger charge is 2.32. The van der Waals surface area contributed by atoms with Gasteiger partial charge in [-0.2, -0.15) is 0 Å². The van der Waals surface area contributed by atoms with Gasteiger partial charge < -0.3 is 24.8 Å². The van der Waals surface area contributed by atoms with Crippen LogP contribution in [0.15, 0.2) is 29.5 Å². The van der Waals surface area contributed by atoms with Crippen LogP contribution in [0, 0.1) is 0 Å². The Labute approximate surface area is 153 Å². The maximum absolute atomic E-state index is 12.6. The van der Waals surface area contributed by atoms with Gasteiger partial charge >= 0.3 is 12.0 Å². The quantitative estimate of drug-likeness (QED) is 0.548. The Morgan fingerprint density at radius 3 is 2.65 bits per heavy atom. The standard InChI is InChI=1S/C19H26N2O5/c1-5-7-10-26-18(22)16-12(3)20-19(23)21-17(16)13-8-9-14(25-6-2)15(11-13)24-4/h8-9,11,17H,5-7,10H2,1-4H3,(H2,20,21,23)/t17-/m0/s1. The number of unbranched alkanes of at least 4 members (excludes halogenated alkanes) is 1. The van der Waals surface area contributed by atoms with Gasteiger partial charge in [-0.15, -0.1) is 0 Å². The lowest BCUT2D eigenvalue weighted by molar-refractivity contribution is -0.139. The summed E-state index contributed by atoms with van der Waals surface area (Å²) in [6.45, 7) is 6.45. The summed E-state index contributed by atoms with van der Waals surface area (Å²) in [5.74, 6) is 0.696. The first kappa shape index (κ1) is 19.6. The predicted octanol–water partition coefficient (Wildman–Crippen LogP) is 3.07. The lowest BCUT2D eigenvalue weighted by Gasteiger charge is -2.28. The molecule has 0 spiro atoms.